The van der Waals surface area contributed by atoms with Gasteiger partial charge in [0.25, 0.3) is 0 Å². The van der Waals surface area contributed by atoms with E-state index in [1.54, 1.807) is 0 Å². The second kappa shape index (κ2) is 15.3. The zero-order valence-corrected chi connectivity index (χ0v) is 25.6. The summed E-state index contributed by atoms with van der Waals surface area (Å²) in [6, 6.07) is 0. The molecule has 3 aliphatic heterocycles. The Balaban J connectivity index is 0.000000489. The minimum absolute atomic E-state index is 0. The maximum atomic E-state index is 2.59. The van der Waals surface area contributed by atoms with E-state index in [1.165, 1.54) is 84.5 Å². The van der Waals surface area contributed by atoms with Gasteiger partial charge in [-0.05, 0) is 131 Å². The van der Waals surface area contributed by atoms with Crippen molar-refractivity contribution in [1.29, 1.82) is 0 Å². The number of piperidine rings is 2. The first kappa shape index (κ1) is 34.8. The van der Waals surface area contributed by atoms with Crippen LogP contribution in [0.4, 0.5) is 0 Å². The summed E-state index contributed by atoms with van der Waals surface area (Å²) in [4.78, 5) is 9.97. The Morgan fingerprint density at radius 2 is 0.914 bits per heavy atom. The molecule has 0 radical (unpaired) electrons. The Kier molecular flexibility index (Phi) is 15.2. The average Bonchev–Trinajstić information content (AvgIpc) is 2.69. The summed E-state index contributed by atoms with van der Waals surface area (Å²) < 4.78 is 0. The van der Waals surface area contributed by atoms with Crippen LogP contribution >= 0.6 is 0 Å². The third kappa shape index (κ3) is 15.6. The van der Waals surface area contributed by atoms with Crippen molar-refractivity contribution >= 4 is 0 Å². The zero-order chi connectivity index (χ0) is 26.2. The summed E-state index contributed by atoms with van der Waals surface area (Å²) >= 11 is 0. The Bertz CT molecular complexity index is 484. The SMILES string of the molecule is C.CC1CCN(C(C)(C)C)CC1.CN1CCC(CC(C)(C)C)CC1.CN1CCN(C(C)(C)C)CC1. The van der Waals surface area contributed by atoms with Crippen LogP contribution in [0.15, 0.2) is 0 Å². The molecule has 0 bridgehead atoms. The van der Waals surface area contributed by atoms with E-state index in [0.717, 1.165) is 11.8 Å². The average molecular weight is 497 g/mol. The van der Waals surface area contributed by atoms with E-state index >= 15 is 0 Å². The Morgan fingerprint density at radius 1 is 0.543 bits per heavy atom. The zero-order valence-electron chi connectivity index (χ0n) is 25.6. The van der Waals surface area contributed by atoms with Gasteiger partial charge >= 0.3 is 0 Å². The van der Waals surface area contributed by atoms with E-state index in [2.05, 4.69) is 103 Å². The molecule has 4 nitrogen and oxygen atoms in total. The van der Waals surface area contributed by atoms with Crippen molar-refractivity contribution in [3.63, 3.8) is 0 Å². The van der Waals surface area contributed by atoms with Gasteiger partial charge in [-0.2, -0.15) is 0 Å². The summed E-state index contributed by atoms with van der Waals surface area (Å²) in [5.41, 5.74) is 1.28. The topological polar surface area (TPSA) is 13.0 Å². The van der Waals surface area contributed by atoms with E-state index in [1.807, 2.05) is 0 Å². The molecule has 0 amide bonds. The molecule has 3 aliphatic rings. The summed E-state index contributed by atoms with van der Waals surface area (Å²) in [5, 5.41) is 0. The maximum absolute atomic E-state index is 2.59. The van der Waals surface area contributed by atoms with Gasteiger partial charge in [0, 0.05) is 37.3 Å². The van der Waals surface area contributed by atoms with Crippen molar-refractivity contribution in [2.45, 2.75) is 120 Å². The van der Waals surface area contributed by atoms with Gasteiger partial charge in [0.2, 0.25) is 0 Å². The summed E-state index contributed by atoms with van der Waals surface area (Å²) in [7, 11) is 4.42. The van der Waals surface area contributed by atoms with Gasteiger partial charge in [-0.15, -0.1) is 0 Å². The van der Waals surface area contributed by atoms with E-state index in [4.69, 9.17) is 0 Å². The van der Waals surface area contributed by atoms with E-state index < -0.39 is 0 Å². The van der Waals surface area contributed by atoms with Crippen LogP contribution in [-0.2, 0) is 0 Å². The molecule has 0 saturated carbocycles. The van der Waals surface area contributed by atoms with Crippen molar-refractivity contribution in [2.75, 3.05) is 66.5 Å². The quantitative estimate of drug-likeness (QED) is 0.389. The maximum Gasteiger partial charge on any atom is 0.0126 e. The van der Waals surface area contributed by atoms with Crippen molar-refractivity contribution < 1.29 is 0 Å². The van der Waals surface area contributed by atoms with Gasteiger partial charge in [-0.1, -0.05) is 35.1 Å². The van der Waals surface area contributed by atoms with Crippen molar-refractivity contribution in [3.05, 3.63) is 0 Å². The highest BCUT2D eigenvalue weighted by Gasteiger charge is 2.25. The molecule has 212 valence electrons. The van der Waals surface area contributed by atoms with E-state index in [9.17, 15) is 0 Å². The van der Waals surface area contributed by atoms with Gasteiger partial charge in [0.1, 0.15) is 0 Å². The summed E-state index contributed by atoms with van der Waals surface area (Å²) in [5.74, 6) is 1.94. The van der Waals surface area contributed by atoms with Gasteiger partial charge in [-0.3, -0.25) is 9.80 Å². The molecule has 0 spiro atoms. The lowest BCUT2D eigenvalue weighted by Gasteiger charge is -2.41. The van der Waals surface area contributed by atoms with Crippen LogP contribution in [0.3, 0.4) is 0 Å². The standard InChI is InChI=1S/C11H23N.C10H21N.C9H20N2.CH4/c1-11(2,3)9-10-5-7-12(4)8-6-10;1-9-5-7-11(8-6-9)10(2,3)4;1-9(2,3)11-7-5-10(4)6-8-11;/h10H,5-9H2,1-4H3;9H,5-8H2,1-4H3;5-8H2,1-4H3;1H4. The monoisotopic (exact) mass is 497 g/mol. The number of hydrogen-bond donors (Lipinski definition) is 0. The molecule has 0 aromatic rings. The molecule has 3 saturated heterocycles. The van der Waals surface area contributed by atoms with Gasteiger partial charge in [-0.25, -0.2) is 0 Å². The molecule has 0 aromatic heterocycles. The summed E-state index contributed by atoms with van der Waals surface area (Å²) in [6.07, 6.45) is 7.00. The number of nitrogens with zero attached hydrogens (tertiary/aromatic N) is 4. The predicted molar refractivity (Wildman–Crippen MR) is 160 cm³/mol. The molecular weight excluding hydrogens is 428 g/mol. The lowest BCUT2D eigenvalue weighted by molar-refractivity contribution is 0.0735. The fourth-order valence-corrected chi connectivity index (χ4v) is 5.29. The molecule has 3 heterocycles. The molecule has 0 aromatic carbocycles. The van der Waals surface area contributed by atoms with Crippen LogP contribution in [0.2, 0.25) is 0 Å². The van der Waals surface area contributed by atoms with Crippen molar-refractivity contribution in [1.82, 2.24) is 19.6 Å². The largest absolute Gasteiger partial charge is 0.306 e. The second-order valence-corrected chi connectivity index (χ2v) is 14.8. The van der Waals surface area contributed by atoms with Crippen molar-refractivity contribution in [3.8, 4) is 0 Å². The molecule has 0 unspecified atom stereocenters. The molecule has 3 fully saturated rings. The highest BCUT2D eigenvalue weighted by atomic mass is 15.3. The van der Waals surface area contributed by atoms with Gasteiger partial charge in [0.05, 0.1) is 0 Å². The number of piperazine rings is 1. The molecular formula is C31H68N4. The molecule has 0 aliphatic carbocycles. The number of hydrogen-bond acceptors (Lipinski definition) is 4. The first-order valence-electron chi connectivity index (χ1n) is 14.3. The fourth-order valence-electron chi connectivity index (χ4n) is 5.29. The summed E-state index contributed by atoms with van der Waals surface area (Å²) in [6.45, 7) is 33.3. The molecule has 4 heteroatoms. The van der Waals surface area contributed by atoms with Crippen LogP contribution in [-0.4, -0.2) is 97.1 Å². The minimum Gasteiger partial charge on any atom is -0.306 e. The molecule has 0 N–H and O–H groups in total. The van der Waals surface area contributed by atoms with Crippen LogP contribution in [0.25, 0.3) is 0 Å². The second-order valence-electron chi connectivity index (χ2n) is 14.8. The number of rotatable bonds is 1. The minimum atomic E-state index is 0. The molecule has 35 heavy (non-hydrogen) atoms. The Labute approximate surface area is 223 Å². The molecule has 3 rings (SSSR count). The van der Waals surface area contributed by atoms with Crippen LogP contribution in [0.5, 0.6) is 0 Å². The third-order valence-corrected chi connectivity index (χ3v) is 7.92. The van der Waals surface area contributed by atoms with Crippen LogP contribution in [0, 0.1) is 17.3 Å². The highest BCUT2D eigenvalue weighted by Crippen LogP contribution is 2.30. The number of likely N-dealkylation sites (tertiary alicyclic amines) is 2. The Morgan fingerprint density at radius 3 is 1.29 bits per heavy atom. The van der Waals surface area contributed by atoms with Gasteiger partial charge < -0.3 is 9.80 Å². The lowest BCUT2D eigenvalue weighted by Crippen LogP contribution is -2.52. The first-order chi connectivity index (χ1) is 15.5. The fraction of sp³-hybridized carbons (Fsp3) is 1.00. The molecule has 0 atom stereocenters. The van der Waals surface area contributed by atoms with Gasteiger partial charge in [0.15, 0.2) is 0 Å². The smallest absolute Gasteiger partial charge is 0.0126 e. The van der Waals surface area contributed by atoms with Crippen LogP contribution in [0.1, 0.15) is 109 Å². The number of likely N-dealkylation sites (N-methyl/N-ethyl adjacent to an activating group) is 1. The first-order valence-corrected chi connectivity index (χ1v) is 14.3. The predicted octanol–water partition coefficient (Wildman–Crippen LogP) is 6.95. The highest BCUT2D eigenvalue weighted by molar-refractivity contribution is 4.81. The van der Waals surface area contributed by atoms with Crippen molar-refractivity contribution in [2.24, 2.45) is 17.3 Å². The lowest BCUT2D eigenvalue weighted by atomic mass is 9.80. The van der Waals surface area contributed by atoms with E-state index in [-0.39, 0.29) is 7.43 Å². The Hall–Kier alpha value is -0.160. The third-order valence-electron chi connectivity index (χ3n) is 7.92. The van der Waals surface area contributed by atoms with E-state index in [0.29, 0.717) is 16.5 Å². The van der Waals surface area contributed by atoms with Crippen LogP contribution < -0.4 is 0 Å². The normalized spacial score (nSPS) is 23.0.